The molecule has 0 radical (unpaired) electrons. The lowest BCUT2D eigenvalue weighted by molar-refractivity contribution is -0.274. The fourth-order valence-electron chi connectivity index (χ4n) is 1.35. The van der Waals surface area contributed by atoms with Gasteiger partial charge in [0.2, 0.25) is 0 Å². The number of alkyl halides is 3. The van der Waals surface area contributed by atoms with Crippen LogP contribution < -0.4 is 10.5 Å². The van der Waals surface area contributed by atoms with Crippen LogP contribution in [-0.2, 0) is 0 Å². The molecule has 0 spiro atoms. The second kappa shape index (κ2) is 4.05. The van der Waals surface area contributed by atoms with Gasteiger partial charge >= 0.3 is 6.36 Å². The Balaban J connectivity index is 3.40. The van der Waals surface area contributed by atoms with Crippen molar-refractivity contribution in [3.8, 4) is 5.75 Å². The molecule has 0 aromatic heterocycles. The Bertz CT molecular complexity index is 400. The number of benzene rings is 1. The summed E-state index contributed by atoms with van der Waals surface area (Å²) in [7, 11) is 0. The van der Waals surface area contributed by atoms with E-state index in [-0.39, 0.29) is 11.4 Å². The number of hydrogen-bond donors (Lipinski definition) is 1. The van der Waals surface area contributed by atoms with Crippen molar-refractivity contribution in [2.75, 3.05) is 5.73 Å². The number of nitrogens with two attached hydrogens (primary N) is 1. The van der Waals surface area contributed by atoms with Gasteiger partial charge in [-0.2, -0.15) is 0 Å². The molecule has 90 valence electrons. The van der Waals surface area contributed by atoms with Gasteiger partial charge in [0, 0.05) is 5.02 Å². The van der Waals surface area contributed by atoms with Crippen molar-refractivity contribution in [2.24, 2.45) is 0 Å². The van der Waals surface area contributed by atoms with Crippen LogP contribution in [0.15, 0.2) is 0 Å². The first-order valence-electron chi connectivity index (χ1n) is 4.45. The van der Waals surface area contributed by atoms with Crippen LogP contribution in [0.25, 0.3) is 0 Å². The van der Waals surface area contributed by atoms with Crippen molar-refractivity contribution < 1.29 is 17.9 Å². The number of nitrogen functional groups attached to an aromatic ring is 1. The largest absolute Gasteiger partial charge is 0.573 e. The van der Waals surface area contributed by atoms with Gasteiger partial charge in [-0.3, -0.25) is 0 Å². The Morgan fingerprint density at radius 3 is 2.00 bits per heavy atom. The van der Waals surface area contributed by atoms with Crippen LogP contribution in [0.3, 0.4) is 0 Å². The first kappa shape index (κ1) is 13.0. The smallest absolute Gasteiger partial charge is 0.403 e. The number of hydrogen-bond acceptors (Lipinski definition) is 2. The third kappa shape index (κ3) is 2.35. The molecule has 0 aliphatic carbocycles. The molecular formula is C10H11ClF3NO. The van der Waals surface area contributed by atoms with Crippen molar-refractivity contribution in [3.05, 3.63) is 21.7 Å². The average molecular weight is 254 g/mol. The molecule has 0 unspecified atom stereocenters. The average Bonchev–Trinajstić information content (AvgIpc) is 2.17. The lowest BCUT2D eigenvalue weighted by Gasteiger charge is -2.18. The molecule has 0 aliphatic rings. The normalized spacial score (nSPS) is 11.7. The van der Waals surface area contributed by atoms with Gasteiger partial charge in [-0.05, 0) is 37.5 Å². The highest BCUT2D eigenvalue weighted by atomic mass is 35.5. The SMILES string of the molecule is Cc1c(C)c(OC(F)(F)F)c(N)c(C)c1Cl. The third-order valence-corrected chi connectivity index (χ3v) is 2.99. The summed E-state index contributed by atoms with van der Waals surface area (Å²) < 4.78 is 40.4. The predicted molar refractivity (Wildman–Crippen MR) is 56.8 cm³/mol. The summed E-state index contributed by atoms with van der Waals surface area (Å²) in [6.07, 6.45) is -4.76. The lowest BCUT2D eigenvalue weighted by atomic mass is 10.0. The van der Waals surface area contributed by atoms with Crippen LogP contribution >= 0.6 is 11.6 Å². The fourth-order valence-corrected chi connectivity index (χ4v) is 1.60. The summed E-state index contributed by atoms with van der Waals surface area (Å²) in [5.41, 5.74) is 6.70. The van der Waals surface area contributed by atoms with E-state index in [9.17, 15) is 13.2 Å². The van der Waals surface area contributed by atoms with Gasteiger partial charge in [-0.1, -0.05) is 11.6 Å². The molecule has 0 heterocycles. The first-order chi connectivity index (χ1) is 7.15. The Hall–Kier alpha value is -1.10. The molecule has 0 fully saturated rings. The molecule has 2 N–H and O–H groups in total. The van der Waals surface area contributed by atoms with E-state index in [4.69, 9.17) is 17.3 Å². The maximum absolute atomic E-state index is 12.2. The number of rotatable bonds is 1. The van der Waals surface area contributed by atoms with Crippen LogP contribution in [0.4, 0.5) is 18.9 Å². The summed E-state index contributed by atoms with van der Waals surface area (Å²) >= 11 is 5.91. The van der Waals surface area contributed by atoms with E-state index in [1.165, 1.54) is 6.92 Å². The molecule has 6 heteroatoms. The highest BCUT2D eigenvalue weighted by molar-refractivity contribution is 6.32. The van der Waals surface area contributed by atoms with Gasteiger partial charge in [0.05, 0.1) is 5.69 Å². The summed E-state index contributed by atoms with van der Waals surface area (Å²) in [6.45, 7) is 4.65. The maximum atomic E-state index is 12.2. The summed E-state index contributed by atoms with van der Waals surface area (Å²) in [5.74, 6) is -0.369. The molecule has 0 bridgehead atoms. The second-order valence-electron chi connectivity index (χ2n) is 3.48. The van der Waals surface area contributed by atoms with Crippen LogP contribution in [0.2, 0.25) is 5.02 Å². The minimum absolute atomic E-state index is 0.0783. The van der Waals surface area contributed by atoms with Gasteiger partial charge in [-0.25, -0.2) is 0 Å². The number of halogens is 4. The van der Waals surface area contributed by atoms with Crippen molar-refractivity contribution >= 4 is 17.3 Å². The third-order valence-electron chi connectivity index (χ3n) is 2.43. The lowest BCUT2D eigenvalue weighted by Crippen LogP contribution is -2.19. The van der Waals surface area contributed by atoms with Gasteiger partial charge in [0.25, 0.3) is 0 Å². The molecule has 0 amide bonds. The van der Waals surface area contributed by atoms with Crippen LogP contribution in [0.1, 0.15) is 16.7 Å². The quantitative estimate of drug-likeness (QED) is 0.774. The van der Waals surface area contributed by atoms with E-state index >= 15 is 0 Å². The minimum Gasteiger partial charge on any atom is -0.403 e. The summed E-state index contributed by atoms with van der Waals surface area (Å²) in [5, 5.41) is 0.365. The zero-order valence-electron chi connectivity index (χ0n) is 9.00. The van der Waals surface area contributed by atoms with Crippen LogP contribution in [0, 0.1) is 20.8 Å². The highest BCUT2D eigenvalue weighted by Gasteiger charge is 2.33. The predicted octanol–water partition coefficient (Wildman–Crippen LogP) is 3.75. The van der Waals surface area contributed by atoms with Crippen molar-refractivity contribution in [3.63, 3.8) is 0 Å². The summed E-state index contributed by atoms with van der Waals surface area (Å²) in [6, 6.07) is 0. The maximum Gasteiger partial charge on any atom is 0.573 e. The summed E-state index contributed by atoms with van der Waals surface area (Å²) in [4.78, 5) is 0. The molecule has 0 saturated carbocycles. The standard InChI is InChI=1S/C10H11ClF3NO/c1-4-5(2)9(16-10(12,13)14)8(15)6(3)7(4)11/h15H2,1-3H3. The van der Waals surface area contributed by atoms with E-state index < -0.39 is 6.36 Å². The van der Waals surface area contributed by atoms with Crippen molar-refractivity contribution in [1.82, 2.24) is 0 Å². The Kier molecular flexibility index (Phi) is 3.28. The van der Waals surface area contributed by atoms with Crippen LogP contribution in [0.5, 0.6) is 5.75 Å². The van der Waals surface area contributed by atoms with Gasteiger partial charge in [0.15, 0.2) is 5.75 Å². The Morgan fingerprint density at radius 2 is 1.56 bits per heavy atom. The van der Waals surface area contributed by atoms with Gasteiger partial charge in [0.1, 0.15) is 0 Å². The molecule has 2 nitrogen and oxygen atoms in total. The molecule has 1 aromatic carbocycles. The van der Waals surface area contributed by atoms with E-state index in [1.807, 2.05) is 0 Å². The Labute approximate surface area is 96.1 Å². The Morgan fingerprint density at radius 1 is 1.06 bits per heavy atom. The highest BCUT2D eigenvalue weighted by Crippen LogP contribution is 2.40. The molecule has 0 saturated heterocycles. The number of ether oxygens (including phenoxy) is 1. The van der Waals surface area contributed by atoms with Gasteiger partial charge in [-0.15, -0.1) is 13.2 Å². The van der Waals surface area contributed by atoms with Crippen LogP contribution in [-0.4, -0.2) is 6.36 Å². The van der Waals surface area contributed by atoms with Crippen molar-refractivity contribution in [2.45, 2.75) is 27.1 Å². The molecule has 16 heavy (non-hydrogen) atoms. The van der Waals surface area contributed by atoms with E-state index in [0.29, 0.717) is 21.7 Å². The van der Waals surface area contributed by atoms with Gasteiger partial charge < -0.3 is 10.5 Å². The monoisotopic (exact) mass is 253 g/mol. The molecule has 0 atom stereocenters. The first-order valence-corrected chi connectivity index (χ1v) is 4.83. The molecule has 1 rings (SSSR count). The van der Waals surface area contributed by atoms with E-state index in [2.05, 4.69) is 4.74 Å². The van der Waals surface area contributed by atoms with E-state index in [0.717, 1.165) is 0 Å². The molecule has 1 aromatic rings. The fraction of sp³-hybridized carbons (Fsp3) is 0.400. The zero-order valence-corrected chi connectivity index (χ0v) is 9.75. The van der Waals surface area contributed by atoms with Crippen molar-refractivity contribution in [1.29, 1.82) is 0 Å². The molecular weight excluding hydrogens is 243 g/mol. The van der Waals surface area contributed by atoms with E-state index in [1.54, 1.807) is 13.8 Å². The number of anilines is 1. The topological polar surface area (TPSA) is 35.2 Å². The second-order valence-corrected chi connectivity index (χ2v) is 3.86. The minimum atomic E-state index is -4.76. The zero-order chi connectivity index (χ0) is 12.7. The molecule has 0 aliphatic heterocycles.